The molecule has 190 valence electrons. The smallest absolute Gasteiger partial charge is 0.870 e. The number of azo groups is 1. The number of carbonyl (C=O) groups excluding carboxylic acids is 1. The summed E-state index contributed by atoms with van der Waals surface area (Å²) in [7, 11) is -3.14. The second kappa shape index (κ2) is 12.0. The van der Waals surface area contributed by atoms with Crippen molar-refractivity contribution in [3.05, 3.63) is 81.8 Å². The van der Waals surface area contributed by atoms with Crippen LogP contribution in [-0.2, 0) is 10.1 Å². The predicted molar refractivity (Wildman–Crippen MR) is 140 cm³/mol. The van der Waals surface area contributed by atoms with Gasteiger partial charge in [0.05, 0.1) is 34.2 Å². The molecule has 0 radical (unpaired) electrons. The first-order valence-corrected chi connectivity index (χ1v) is 12.8. The molecule has 0 fully saturated rings. The fourth-order valence-corrected chi connectivity index (χ4v) is 4.84. The molecule has 0 aliphatic carbocycles. The summed E-state index contributed by atoms with van der Waals surface area (Å²) in [5.41, 5.74) is 0.442. The molecule has 0 heterocycles. The number of ether oxygens (including phenoxy) is 1. The Morgan fingerprint density at radius 2 is 1.74 bits per heavy atom. The summed E-state index contributed by atoms with van der Waals surface area (Å²) in [5.74, 6) is -0.919. The summed E-state index contributed by atoms with van der Waals surface area (Å²) in [6, 6.07) is 15.2. The molecule has 0 aliphatic rings. The van der Waals surface area contributed by atoms with Crippen molar-refractivity contribution in [1.29, 1.82) is 0 Å². The normalized spacial score (nSPS) is 11.4. The van der Waals surface area contributed by atoms with Gasteiger partial charge in [-0.3, -0.25) is 9.35 Å². The minimum Gasteiger partial charge on any atom is -0.870 e. The standard InChI is InChI=1S/C25H19Cl2N3O6S.Na/c1-13-9-19(27)22(37(33,34)35)12-21(13)29-30-23-16-6-4-3-5-14(16)10-17(24(23)31)25(32)28-20-8-7-15(36-2)11-18(20)26;/h3-12,31H,1-2H3,(H,28,32)(H,33,34,35);/q;+1/p-1. The SMILES string of the molecule is COc1ccc(NC(=O)c2cc3ccccc3c(N=Nc3cc(S(=O)(=O)O)c(Cl)cc3C)c2[O-])c(Cl)c1.[Na+]. The average Bonchev–Trinajstić information content (AvgIpc) is 2.84. The van der Waals surface area contributed by atoms with E-state index < -0.39 is 26.7 Å². The molecule has 4 aromatic rings. The van der Waals surface area contributed by atoms with Crippen LogP contribution in [0.5, 0.6) is 11.5 Å². The summed E-state index contributed by atoms with van der Waals surface area (Å²) in [6.45, 7) is 1.60. The summed E-state index contributed by atoms with van der Waals surface area (Å²) < 4.78 is 37.8. The second-order valence-electron chi connectivity index (χ2n) is 7.87. The maximum Gasteiger partial charge on any atom is 1.00 e. The van der Waals surface area contributed by atoms with E-state index in [-0.39, 0.29) is 62.2 Å². The molecular weight excluding hydrogens is 564 g/mol. The number of halogens is 2. The Morgan fingerprint density at radius 1 is 1.03 bits per heavy atom. The summed E-state index contributed by atoms with van der Waals surface area (Å²) in [6.07, 6.45) is 0. The third-order valence-corrected chi connectivity index (χ3v) is 7.06. The summed E-state index contributed by atoms with van der Waals surface area (Å²) in [5, 5.41) is 25.1. The van der Waals surface area contributed by atoms with Gasteiger partial charge in [-0.1, -0.05) is 53.2 Å². The zero-order chi connectivity index (χ0) is 26.9. The van der Waals surface area contributed by atoms with Crippen molar-refractivity contribution >= 4 is 67.1 Å². The molecule has 13 heteroatoms. The third kappa shape index (κ3) is 6.29. The van der Waals surface area contributed by atoms with E-state index in [0.29, 0.717) is 22.1 Å². The molecule has 4 aromatic carbocycles. The maximum atomic E-state index is 13.4. The Hall–Kier alpha value is -2.70. The Kier molecular flexibility index (Phi) is 9.43. The molecule has 0 atom stereocenters. The first-order chi connectivity index (χ1) is 17.5. The maximum absolute atomic E-state index is 13.4. The monoisotopic (exact) mass is 581 g/mol. The number of fused-ring (bicyclic) bond motifs is 1. The van der Waals surface area contributed by atoms with Gasteiger partial charge in [-0.15, -0.1) is 0 Å². The fourth-order valence-electron chi connectivity index (χ4n) is 3.54. The van der Waals surface area contributed by atoms with E-state index in [9.17, 15) is 22.9 Å². The third-order valence-electron chi connectivity index (χ3n) is 5.43. The van der Waals surface area contributed by atoms with Gasteiger partial charge in [0.1, 0.15) is 10.6 Å². The second-order valence-corrected chi connectivity index (χ2v) is 10.1. The van der Waals surface area contributed by atoms with Crippen molar-refractivity contribution in [2.45, 2.75) is 11.8 Å². The van der Waals surface area contributed by atoms with Gasteiger partial charge in [0.25, 0.3) is 16.0 Å². The number of hydrogen-bond donors (Lipinski definition) is 2. The van der Waals surface area contributed by atoms with Crippen LogP contribution in [0.1, 0.15) is 15.9 Å². The number of methoxy groups -OCH3 is 1. The van der Waals surface area contributed by atoms with Crippen molar-refractivity contribution in [2.75, 3.05) is 12.4 Å². The molecule has 0 bridgehead atoms. The number of hydrogen-bond acceptors (Lipinski definition) is 7. The molecule has 1 amide bonds. The van der Waals surface area contributed by atoms with Gasteiger partial charge in [-0.05, 0) is 48.2 Å². The van der Waals surface area contributed by atoms with Crippen molar-refractivity contribution in [3.8, 4) is 11.5 Å². The number of aryl methyl sites for hydroxylation is 1. The van der Waals surface area contributed by atoms with E-state index in [0.717, 1.165) is 6.07 Å². The van der Waals surface area contributed by atoms with Gasteiger partial charge >= 0.3 is 29.6 Å². The van der Waals surface area contributed by atoms with Gasteiger partial charge < -0.3 is 15.2 Å². The molecule has 4 rings (SSSR count). The van der Waals surface area contributed by atoms with E-state index in [1.54, 1.807) is 43.3 Å². The molecule has 0 saturated heterocycles. The Bertz CT molecular complexity index is 1700. The van der Waals surface area contributed by atoms with Crippen LogP contribution in [0.3, 0.4) is 0 Å². The van der Waals surface area contributed by atoms with E-state index in [1.165, 1.54) is 25.3 Å². The largest absolute Gasteiger partial charge is 1.00 e. The minimum absolute atomic E-state index is 0. The van der Waals surface area contributed by atoms with Gasteiger partial charge in [-0.2, -0.15) is 18.6 Å². The Morgan fingerprint density at radius 3 is 2.39 bits per heavy atom. The molecule has 0 aliphatic heterocycles. The first-order valence-electron chi connectivity index (χ1n) is 10.6. The van der Waals surface area contributed by atoms with Crippen molar-refractivity contribution in [1.82, 2.24) is 0 Å². The van der Waals surface area contributed by atoms with Crippen LogP contribution in [0.4, 0.5) is 17.1 Å². The number of amides is 1. The quantitative estimate of drug-likeness (QED) is 0.203. The molecule has 9 nitrogen and oxygen atoms in total. The number of nitrogens with zero attached hydrogens (tertiary/aromatic N) is 2. The number of rotatable bonds is 6. The molecule has 0 spiro atoms. The van der Waals surface area contributed by atoms with Gasteiger partial charge in [-0.25, -0.2) is 0 Å². The Balaban J connectivity index is 0.00000400. The summed E-state index contributed by atoms with van der Waals surface area (Å²) in [4.78, 5) is 12.5. The zero-order valence-electron chi connectivity index (χ0n) is 20.3. The van der Waals surface area contributed by atoms with Crippen LogP contribution in [0.15, 0.2) is 75.8 Å². The van der Waals surface area contributed by atoms with Crippen LogP contribution in [-0.4, -0.2) is 26.0 Å². The Labute approximate surface area is 250 Å². The van der Waals surface area contributed by atoms with Crippen LogP contribution >= 0.6 is 23.2 Å². The molecule has 0 unspecified atom stereocenters. The first kappa shape index (κ1) is 29.9. The van der Waals surface area contributed by atoms with Crippen molar-refractivity contribution < 1.29 is 57.2 Å². The molecule has 2 N–H and O–H groups in total. The predicted octanol–water partition coefficient (Wildman–Crippen LogP) is 3.46. The topological polar surface area (TPSA) is 140 Å². The van der Waals surface area contributed by atoms with Gasteiger partial charge in [0, 0.05) is 17.0 Å². The molecular formula is C25H18Cl2N3NaO6S. The van der Waals surface area contributed by atoms with Crippen LogP contribution in [0, 0.1) is 6.92 Å². The summed E-state index contributed by atoms with van der Waals surface area (Å²) >= 11 is 12.2. The number of nitrogens with one attached hydrogen (secondary N) is 1. The number of benzene rings is 4. The minimum atomic E-state index is -4.62. The van der Waals surface area contributed by atoms with Crippen molar-refractivity contribution in [2.24, 2.45) is 10.2 Å². The van der Waals surface area contributed by atoms with Crippen LogP contribution in [0.25, 0.3) is 10.8 Å². The van der Waals surface area contributed by atoms with E-state index in [1.807, 2.05) is 0 Å². The molecule has 38 heavy (non-hydrogen) atoms. The van der Waals surface area contributed by atoms with Gasteiger partial charge in [0.2, 0.25) is 0 Å². The van der Waals surface area contributed by atoms with Crippen molar-refractivity contribution in [3.63, 3.8) is 0 Å². The number of carbonyl (C=O) groups is 1. The van der Waals surface area contributed by atoms with Crippen LogP contribution < -0.4 is 44.7 Å². The average molecular weight is 582 g/mol. The van der Waals surface area contributed by atoms with Crippen LogP contribution in [0.2, 0.25) is 10.0 Å². The van der Waals surface area contributed by atoms with E-state index in [2.05, 4.69) is 15.5 Å². The fraction of sp³-hybridized carbons (Fsp3) is 0.0800. The molecule has 0 aromatic heterocycles. The molecule has 0 saturated carbocycles. The van der Waals surface area contributed by atoms with E-state index in [4.69, 9.17) is 27.9 Å². The van der Waals surface area contributed by atoms with Gasteiger partial charge in [0.15, 0.2) is 0 Å². The number of anilines is 1. The zero-order valence-corrected chi connectivity index (χ0v) is 24.6. The van der Waals surface area contributed by atoms with E-state index >= 15 is 0 Å².